The Morgan fingerprint density at radius 3 is 2.56 bits per heavy atom. The fourth-order valence-electron chi connectivity index (χ4n) is 2.85. The molecule has 0 aliphatic heterocycles. The summed E-state index contributed by atoms with van der Waals surface area (Å²) in [6.45, 7) is 9.85. The Bertz CT molecular complexity index is 624. The van der Waals surface area contributed by atoms with Gasteiger partial charge in [-0.3, -0.25) is 4.79 Å². The van der Waals surface area contributed by atoms with E-state index in [0.29, 0.717) is 13.1 Å². The highest BCUT2D eigenvalue weighted by molar-refractivity contribution is 5.86. The van der Waals surface area contributed by atoms with Crippen LogP contribution in [0.3, 0.4) is 0 Å². The van der Waals surface area contributed by atoms with Crippen LogP contribution >= 0.6 is 0 Å². The van der Waals surface area contributed by atoms with E-state index in [0.717, 1.165) is 49.4 Å². The molecular formula is C21H34N4O2. The number of guanidine groups is 1. The third-order valence-corrected chi connectivity index (χ3v) is 4.73. The van der Waals surface area contributed by atoms with Crippen molar-refractivity contribution in [3.63, 3.8) is 0 Å². The molecule has 6 nitrogen and oxygen atoms in total. The number of rotatable bonds is 10. The molecule has 0 spiro atoms. The second kappa shape index (κ2) is 10.8. The van der Waals surface area contributed by atoms with Crippen molar-refractivity contribution in [2.45, 2.75) is 40.2 Å². The van der Waals surface area contributed by atoms with E-state index in [2.05, 4.69) is 11.4 Å². The molecule has 0 saturated heterocycles. The minimum absolute atomic E-state index is 0.112. The van der Waals surface area contributed by atoms with E-state index >= 15 is 0 Å². The van der Waals surface area contributed by atoms with E-state index in [9.17, 15) is 4.79 Å². The Morgan fingerprint density at radius 1 is 1.22 bits per heavy atom. The first-order valence-corrected chi connectivity index (χ1v) is 10.1. The first-order chi connectivity index (χ1) is 13.1. The molecule has 2 rings (SSSR count). The average Bonchev–Trinajstić information content (AvgIpc) is 3.49. The maximum absolute atomic E-state index is 12.4. The van der Waals surface area contributed by atoms with Crippen LogP contribution in [0.4, 0.5) is 0 Å². The zero-order chi connectivity index (χ0) is 19.6. The fourth-order valence-corrected chi connectivity index (χ4v) is 2.85. The predicted octanol–water partition coefficient (Wildman–Crippen LogP) is 2.74. The molecule has 1 aromatic rings. The first kappa shape index (κ1) is 21.1. The summed E-state index contributed by atoms with van der Waals surface area (Å²) < 4.78 is 5.97. The number of amides is 1. The molecule has 1 amide bonds. The van der Waals surface area contributed by atoms with Crippen LogP contribution in [0.5, 0.6) is 5.75 Å². The zero-order valence-electron chi connectivity index (χ0n) is 17.2. The molecule has 0 aromatic heterocycles. The summed E-state index contributed by atoms with van der Waals surface area (Å²) in [5, 5.41) is 3.28. The lowest BCUT2D eigenvalue weighted by Crippen LogP contribution is -2.45. The van der Waals surface area contributed by atoms with Gasteiger partial charge in [-0.05, 0) is 45.6 Å². The van der Waals surface area contributed by atoms with Gasteiger partial charge in [0.1, 0.15) is 5.75 Å². The van der Waals surface area contributed by atoms with Gasteiger partial charge in [0.25, 0.3) is 0 Å². The van der Waals surface area contributed by atoms with Gasteiger partial charge in [-0.15, -0.1) is 0 Å². The van der Waals surface area contributed by atoms with E-state index in [1.54, 1.807) is 0 Å². The summed E-state index contributed by atoms with van der Waals surface area (Å²) in [5.41, 5.74) is 1.07. The van der Waals surface area contributed by atoms with Crippen molar-refractivity contribution < 1.29 is 9.53 Å². The number of likely N-dealkylation sites (N-methyl/N-ethyl adjacent to an activating group) is 2. The number of nitrogens with one attached hydrogen (secondary N) is 1. The highest BCUT2D eigenvalue weighted by atomic mass is 16.5. The molecule has 150 valence electrons. The number of carbonyl (C=O) groups excluding carboxylic acids is 1. The summed E-state index contributed by atoms with van der Waals surface area (Å²) in [4.78, 5) is 20.8. The van der Waals surface area contributed by atoms with Crippen molar-refractivity contribution in [3.8, 4) is 5.75 Å². The zero-order valence-corrected chi connectivity index (χ0v) is 17.2. The van der Waals surface area contributed by atoms with Gasteiger partial charge in [-0.25, -0.2) is 4.99 Å². The smallest absolute Gasteiger partial charge is 0.242 e. The minimum Gasteiger partial charge on any atom is -0.493 e. The van der Waals surface area contributed by atoms with Crippen molar-refractivity contribution in [2.24, 2.45) is 10.9 Å². The van der Waals surface area contributed by atoms with Crippen LogP contribution in [-0.4, -0.2) is 61.5 Å². The number of hydrogen-bond donors (Lipinski definition) is 1. The first-order valence-electron chi connectivity index (χ1n) is 10.1. The molecule has 0 unspecified atom stereocenters. The van der Waals surface area contributed by atoms with Gasteiger partial charge < -0.3 is 19.9 Å². The van der Waals surface area contributed by atoms with Crippen molar-refractivity contribution in [2.75, 3.05) is 39.8 Å². The van der Waals surface area contributed by atoms with Crippen LogP contribution in [0, 0.1) is 5.92 Å². The van der Waals surface area contributed by atoms with Gasteiger partial charge in [0, 0.05) is 32.2 Å². The van der Waals surface area contributed by atoms with E-state index in [-0.39, 0.29) is 5.91 Å². The Morgan fingerprint density at radius 2 is 1.93 bits per heavy atom. The molecule has 27 heavy (non-hydrogen) atoms. The third kappa shape index (κ3) is 6.77. The highest BCUT2D eigenvalue weighted by Crippen LogP contribution is 2.30. The van der Waals surface area contributed by atoms with Crippen LogP contribution in [0.15, 0.2) is 29.3 Å². The number of benzene rings is 1. The SMILES string of the molecule is CCNC(=NCc1ccccc1OCC1CC1)N(C)CC(=O)N(CC)CC. The Kier molecular flexibility index (Phi) is 8.43. The van der Waals surface area contributed by atoms with Crippen molar-refractivity contribution in [1.82, 2.24) is 15.1 Å². The number of ether oxygens (including phenoxy) is 1. The molecule has 0 bridgehead atoms. The van der Waals surface area contributed by atoms with Gasteiger partial charge in [0.15, 0.2) is 5.96 Å². The Hall–Kier alpha value is -2.24. The van der Waals surface area contributed by atoms with E-state index < -0.39 is 0 Å². The normalized spacial score (nSPS) is 14.0. The molecule has 1 saturated carbocycles. The molecule has 1 fully saturated rings. The highest BCUT2D eigenvalue weighted by Gasteiger charge is 2.22. The molecule has 1 aliphatic carbocycles. The Labute approximate surface area is 163 Å². The number of aliphatic imine (C=N–C) groups is 1. The van der Waals surface area contributed by atoms with Crippen LogP contribution < -0.4 is 10.1 Å². The van der Waals surface area contributed by atoms with Gasteiger partial charge in [-0.2, -0.15) is 0 Å². The molecule has 6 heteroatoms. The molecule has 0 heterocycles. The lowest BCUT2D eigenvalue weighted by molar-refractivity contribution is -0.131. The lowest BCUT2D eigenvalue weighted by atomic mass is 10.2. The average molecular weight is 375 g/mol. The van der Waals surface area contributed by atoms with Crippen LogP contribution in [0.1, 0.15) is 39.2 Å². The number of hydrogen-bond acceptors (Lipinski definition) is 3. The number of nitrogens with zero attached hydrogens (tertiary/aromatic N) is 3. The number of para-hydroxylation sites is 1. The maximum Gasteiger partial charge on any atom is 0.242 e. The second-order valence-electron chi connectivity index (χ2n) is 6.95. The monoisotopic (exact) mass is 374 g/mol. The van der Waals surface area contributed by atoms with Crippen LogP contribution in [0.25, 0.3) is 0 Å². The fraction of sp³-hybridized carbons (Fsp3) is 0.619. The van der Waals surface area contributed by atoms with Crippen molar-refractivity contribution in [1.29, 1.82) is 0 Å². The van der Waals surface area contributed by atoms with Crippen molar-refractivity contribution in [3.05, 3.63) is 29.8 Å². The molecule has 1 N–H and O–H groups in total. The van der Waals surface area contributed by atoms with E-state index in [1.165, 1.54) is 12.8 Å². The van der Waals surface area contributed by atoms with Crippen LogP contribution in [0.2, 0.25) is 0 Å². The van der Waals surface area contributed by atoms with E-state index in [1.807, 2.05) is 55.8 Å². The Balaban J connectivity index is 2.02. The van der Waals surface area contributed by atoms with Crippen molar-refractivity contribution >= 4 is 11.9 Å². The largest absolute Gasteiger partial charge is 0.493 e. The summed E-state index contributed by atoms with van der Waals surface area (Å²) in [5.74, 6) is 2.47. The molecule has 0 radical (unpaired) electrons. The van der Waals surface area contributed by atoms with Crippen LogP contribution in [-0.2, 0) is 11.3 Å². The molecule has 1 aromatic carbocycles. The van der Waals surface area contributed by atoms with Gasteiger partial charge in [-0.1, -0.05) is 18.2 Å². The van der Waals surface area contributed by atoms with Gasteiger partial charge >= 0.3 is 0 Å². The lowest BCUT2D eigenvalue weighted by Gasteiger charge is -2.25. The summed E-state index contributed by atoms with van der Waals surface area (Å²) in [6.07, 6.45) is 2.55. The minimum atomic E-state index is 0.112. The second-order valence-corrected chi connectivity index (χ2v) is 6.95. The van der Waals surface area contributed by atoms with E-state index in [4.69, 9.17) is 9.73 Å². The summed E-state index contributed by atoms with van der Waals surface area (Å²) in [7, 11) is 1.90. The standard InChI is InChI=1S/C21H34N4O2/c1-5-22-21(24(4)15-20(26)25(6-2)7-3)23-14-18-10-8-9-11-19(18)27-16-17-12-13-17/h8-11,17H,5-7,12-16H2,1-4H3,(H,22,23). The summed E-state index contributed by atoms with van der Waals surface area (Å²) in [6, 6.07) is 8.06. The third-order valence-electron chi connectivity index (χ3n) is 4.73. The molecular weight excluding hydrogens is 340 g/mol. The number of carbonyl (C=O) groups is 1. The predicted molar refractivity (Wildman–Crippen MR) is 110 cm³/mol. The quantitative estimate of drug-likeness (QED) is 0.505. The topological polar surface area (TPSA) is 57.2 Å². The van der Waals surface area contributed by atoms with Gasteiger partial charge in [0.2, 0.25) is 5.91 Å². The summed E-state index contributed by atoms with van der Waals surface area (Å²) >= 11 is 0. The maximum atomic E-state index is 12.4. The molecule has 0 atom stereocenters. The molecule has 1 aliphatic rings. The van der Waals surface area contributed by atoms with Gasteiger partial charge in [0.05, 0.1) is 19.7 Å².